The van der Waals surface area contributed by atoms with Gasteiger partial charge in [0.15, 0.2) is 11.5 Å². The average Bonchev–Trinajstić information content (AvgIpc) is 3.48. The molecule has 0 aliphatic carbocycles. The number of esters is 1. The first-order valence-corrected chi connectivity index (χ1v) is 12.2. The van der Waals surface area contributed by atoms with Gasteiger partial charge in [0.25, 0.3) is 5.91 Å². The van der Waals surface area contributed by atoms with E-state index in [4.69, 9.17) is 14.2 Å². The monoisotopic (exact) mass is 533 g/mol. The van der Waals surface area contributed by atoms with E-state index in [2.05, 4.69) is 5.32 Å². The number of hydrogen-bond donors (Lipinski definition) is 1. The Morgan fingerprint density at radius 1 is 1.00 bits per heavy atom. The van der Waals surface area contributed by atoms with E-state index in [1.54, 1.807) is 37.3 Å². The molecule has 200 valence electrons. The Morgan fingerprint density at radius 3 is 2.44 bits per heavy atom. The molecule has 0 spiro atoms. The van der Waals surface area contributed by atoms with Crippen molar-refractivity contribution in [2.75, 3.05) is 23.6 Å². The van der Waals surface area contributed by atoms with E-state index >= 15 is 0 Å². The van der Waals surface area contributed by atoms with Crippen LogP contribution in [0.2, 0.25) is 0 Å². The number of rotatable bonds is 8. The minimum Gasteiger partial charge on any atom is -0.462 e. The first-order chi connectivity index (χ1) is 18.8. The topological polar surface area (TPSA) is 114 Å². The summed E-state index contributed by atoms with van der Waals surface area (Å²) in [6.45, 7) is 2.05. The van der Waals surface area contributed by atoms with Crippen molar-refractivity contribution in [2.24, 2.45) is 0 Å². The van der Waals surface area contributed by atoms with Crippen LogP contribution in [0.5, 0.6) is 11.5 Å². The van der Waals surface area contributed by atoms with Gasteiger partial charge in [-0.15, -0.1) is 0 Å². The van der Waals surface area contributed by atoms with Gasteiger partial charge >= 0.3 is 12.0 Å². The van der Waals surface area contributed by atoms with Crippen LogP contribution in [0, 0.1) is 5.82 Å². The molecule has 39 heavy (non-hydrogen) atoms. The Balaban J connectivity index is 1.36. The zero-order chi connectivity index (χ0) is 27.5. The Kier molecular flexibility index (Phi) is 7.13. The standard InChI is InChI=1S/C28H24FN3O7/c1-2-37-27(35)18-4-8-20(9-5-18)30-25(33)14-22-26(34)32(21-10-6-19(29)7-11-21)28(36)31(22)15-17-3-12-23-24(13-17)39-16-38-23/h3-13,22H,2,14-16H2,1H3,(H,30,33)/t22-/m1/s1. The molecule has 0 aromatic heterocycles. The summed E-state index contributed by atoms with van der Waals surface area (Å²) in [5.74, 6) is -1.03. The quantitative estimate of drug-likeness (QED) is 0.343. The highest BCUT2D eigenvalue weighted by Gasteiger charge is 2.46. The molecule has 0 bridgehead atoms. The Morgan fingerprint density at radius 2 is 1.72 bits per heavy atom. The summed E-state index contributed by atoms with van der Waals surface area (Å²) in [5, 5.41) is 2.70. The van der Waals surface area contributed by atoms with Crippen molar-refractivity contribution < 1.29 is 37.8 Å². The third kappa shape index (κ3) is 5.37. The number of imide groups is 1. The molecule has 10 nitrogen and oxygen atoms in total. The van der Waals surface area contributed by atoms with Gasteiger partial charge in [-0.25, -0.2) is 18.9 Å². The minimum absolute atomic E-state index is 0.0189. The van der Waals surface area contributed by atoms with Crippen molar-refractivity contribution >= 4 is 35.2 Å². The van der Waals surface area contributed by atoms with Gasteiger partial charge in [-0.3, -0.25) is 9.59 Å². The summed E-state index contributed by atoms with van der Waals surface area (Å²) in [6, 6.07) is 14.5. The second-order valence-electron chi connectivity index (χ2n) is 8.81. The molecule has 11 heteroatoms. The van der Waals surface area contributed by atoms with Crippen molar-refractivity contribution in [3.63, 3.8) is 0 Å². The number of carbonyl (C=O) groups excluding carboxylic acids is 4. The largest absolute Gasteiger partial charge is 0.462 e. The molecule has 1 saturated heterocycles. The van der Waals surface area contributed by atoms with Crippen LogP contribution < -0.4 is 19.7 Å². The number of ether oxygens (including phenoxy) is 3. The lowest BCUT2D eigenvalue weighted by Gasteiger charge is -2.22. The number of halogens is 1. The van der Waals surface area contributed by atoms with E-state index in [1.165, 1.54) is 29.2 Å². The van der Waals surface area contributed by atoms with Crippen LogP contribution in [0.3, 0.4) is 0 Å². The van der Waals surface area contributed by atoms with Gasteiger partial charge < -0.3 is 24.4 Å². The van der Waals surface area contributed by atoms with E-state index < -0.39 is 35.7 Å². The summed E-state index contributed by atoms with van der Waals surface area (Å²) in [5.41, 5.74) is 1.60. The molecular weight excluding hydrogens is 509 g/mol. The van der Waals surface area contributed by atoms with Crippen LogP contribution in [0.1, 0.15) is 29.3 Å². The first kappa shape index (κ1) is 25.7. The lowest BCUT2D eigenvalue weighted by molar-refractivity contribution is -0.124. The predicted molar refractivity (Wildman–Crippen MR) is 137 cm³/mol. The van der Waals surface area contributed by atoms with Crippen molar-refractivity contribution in [3.8, 4) is 11.5 Å². The normalized spacial score (nSPS) is 16.0. The summed E-state index contributed by atoms with van der Waals surface area (Å²) < 4.78 is 29.2. The number of amides is 4. The van der Waals surface area contributed by atoms with E-state index in [0.29, 0.717) is 28.3 Å². The van der Waals surface area contributed by atoms with Gasteiger partial charge in [0, 0.05) is 12.2 Å². The van der Waals surface area contributed by atoms with Gasteiger partial charge in [-0.1, -0.05) is 6.07 Å². The minimum atomic E-state index is -1.12. The average molecular weight is 534 g/mol. The second kappa shape index (κ2) is 10.8. The highest BCUT2D eigenvalue weighted by molar-refractivity contribution is 6.22. The number of anilines is 2. The zero-order valence-electron chi connectivity index (χ0n) is 20.9. The maximum Gasteiger partial charge on any atom is 0.338 e. The lowest BCUT2D eigenvalue weighted by atomic mass is 10.1. The van der Waals surface area contributed by atoms with Crippen molar-refractivity contribution in [1.82, 2.24) is 4.90 Å². The first-order valence-electron chi connectivity index (χ1n) is 12.2. The fraction of sp³-hybridized carbons (Fsp3) is 0.214. The van der Waals surface area contributed by atoms with E-state index in [9.17, 15) is 23.6 Å². The molecule has 0 unspecified atom stereocenters. The molecule has 4 amide bonds. The highest BCUT2D eigenvalue weighted by atomic mass is 19.1. The fourth-order valence-electron chi connectivity index (χ4n) is 4.37. The predicted octanol–water partition coefficient (Wildman–Crippen LogP) is 4.10. The Hall–Kier alpha value is -4.93. The third-order valence-electron chi connectivity index (χ3n) is 6.25. The molecule has 2 heterocycles. The lowest BCUT2D eigenvalue weighted by Crippen LogP contribution is -2.37. The van der Waals surface area contributed by atoms with Gasteiger partial charge in [-0.05, 0) is 73.2 Å². The molecule has 2 aliphatic rings. The molecule has 1 N–H and O–H groups in total. The van der Waals surface area contributed by atoms with Crippen molar-refractivity contribution in [3.05, 3.63) is 83.7 Å². The highest BCUT2D eigenvalue weighted by Crippen LogP contribution is 2.34. The summed E-state index contributed by atoms with van der Waals surface area (Å²) >= 11 is 0. The Bertz CT molecular complexity index is 1430. The maximum absolute atomic E-state index is 13.5. The molecular formula is C28H24FN3O7. The summed E-state index contributed by atoms with van der Waals surface area (Å²) in [4.78, 5) is 54.0. The SMILES string of the molecule is CCOC(=O)c1ccc(NC(=O)C[C@@H]2C(=O)N(c3ccc(F)cc3)C(=O)N2Cc2ccc3c(c2)OCO3)cc1. The number of carbonyl (C=O) groups is 4. The fourth-order valence-corrected chi connectivity index (χ4v) is 4.37. The van der Waals surface area contributed by atoms with Crippen LogP contribution in [0.4, 0.5) is 20.6 Å². The van der Waals surface area contributed by atoms with Gasteiger partial charge in [0.2, 0.25) is 12.7 Å². The molecule has 3 aromatic rings. The van der Waals surface area contributed by atoms with Gasteiger partial charge in [0.05, 0.1) is 24.3 Å². The van der Waals surface area contributed by atoms with Crippen LogP contribution in [0.25, 0.3) is 0 Å². The van der Waals surface area contributed by atoms with Crippen molar-refractivity contribution in [2.45, 2.75) is 25.9 Å². The molecule has 0 saturated carbocycles. The van der Waals surface area contributed by atoms with E-state index in [-0.39, 0.29) is 32.1 Å². The molecule has 1 atom stereocenters. The smallest absolute Gasteiger partial charge is 0.338 e. The number of nitrogens with zero attached hydrogens (tertiary/aromatic N) is 2. The summed E-state index contributed by atoms with van der Waals surface area (Å²) in [6.07, 6.45) is -0.327. The molecule has 3 aromatic carbocycles. The number of urea groups is 1. The van der Waals surface area contributed by atoms with Gasteiger partial charge in [-0.2, -0.15) is 0 Å². The van der Waals surface area contributed by atoms with E-state index in [0.717, 1.165) is 17.0 Å². The van der Waals surface area contributed by atoms with Crippen LogP contribution in [-0.4, -0.2) is 48.2 Å². The zero-order valence-corrected chi connectivity index (χ0v) is 20.9. The van der Waals surface area contributed by atoms with E-state index in [1.807, 2.05) is 0 Å². The third-order valence-corrected chi connectivity index (χ3v) is 6.25. The van der Waals surface area contributed by atoms with Crippen LogP contribution in [0.15, 0.2) is 66.7 Å². The van der Waals surface area contributed by atoms with Crippen molar-refractivity contribution in [1.29, 1.82) is 0 Å². The van der Waals surface area contributed by atoms with Crippen LogP contribution >= 0.6 is 0 Å². The molecule has 2 aliphatic heterocycles. The molecule has 5 rings (SSSR count). The number of nitrogens with one attached hydrogen (secondary N) is 1. The van der Waals surface area contributed by atoms with Gasteiger partial charge in [0.1, 0.15) is 11.9 Å². The second-order valence-corrected chi connectivity index (χ2v) is 8.81. The Labute approximate surface area is 222 Å². The van der Waals surface area contributed by atoms with Crippen LogP contribution in [-0.2, 0) is 20.9 Å². The maximum atomic E-state index is 13.5. The number of benzene rings is 3. The molecule has 0 radical (unpaired) electrons. The summed E-state index contributed by atoms with van der Waals surface area (Å²) in [7, 11) is 0. The number of fused-ring (bicyclic) bond motifs is 1. The molecule has 1 fully saturated rings. The number of hydrogen-bond acceptors (Lipinski definition) is 7.